The zero-order chi connectivity index (χ0) is 13.1. The number of benzene rings is 2. The first-order valence-corrected chi connectivity index (χ1v) is 6.23. The van der Waals surface area contributed by atoms with Crippen LogP contribution in [0.3, 0.4) is 0 Å². The third kappa shape index (κ3) is 2.61. The molecule has 0 aliphatic rings. The molecule has 0 saturated heterocycles. The Morgan fingerprint density at radius 2 is 1.83 bits per heavy atom. The summed E-state index contributed by atoms with van der Waals surface area (Å²) in [5.74, 6) is 0. The molecule has 2 nitrogen and oxygen atoms in total. The number of nitrogens with two attached hydrogens (primary N) is 2. The molecule has 0 radical (unpaired) electrons. The van der Waals surface area contributed by atoms with Gasteiger partial charge in [-0.15, -0.1) is 0 Å². The highest BCUT2D eigenvalue weighted by Gasteiger charge is 2.11. The predicted molar refractivity (Wildman–Crippen MR) is 76.3 cm³/mol. The highest BCUT2D eigenvalue weighted by Crippen LogP contribution is 2.24. The standard InChI is InChI=1S/C16H20N2/c1-11-6-7-12(2)15(8-11)16(18)14-5-3-4-13(9-14)10-17/h3-9,16H,10,17-18H2,1-2H3. The van der Waals surface area contributed by atoms with Gasteiger partial charge in [-0.05, 0) is 36.1 Å². The van der Waals surface area contributed by atoms with E-state index in [1.807, 2.05) is 12.1 Å². The average Bonchev–Trinajstić information content (AvgIpc) is 2.41. The lowest BCUT2D eigenvalue weighted by Crippen LogP contribution is -2.14. The van der Waals surface area contributed by atoms with Crippen LogP contribution in [0.1, 0.15) is 33.9 Å². The molecule has 18 heavy (non-hydrogen) atoms. The first-order chi connectivity index (χ1) is 8.61. The Bertz CT molecular complexity index is 547. The van der Waals surface area contributed by atoms with Crippen molar-refractivity contribution in [1.82, 2.24) is 0 Å². The van der Waals surface area contributed by atoms with Crippen LogP contribution in [-0.4, -0.2) is 0 Å². The van der Waals surface area contributed by atoms with Crippen molar-refractivity contribution in [2.45, 2.75) is 26.4 Å². The number of rotatable bonds is 3. The lowest BCUT2D eigenvalue weighted by Gasteiger charge is -2.16. The minimum absolute atomic E-state index is 0.0867. The minimum Gasteiger partial charge on any atom is -0.326 e. The lowest BCUT2D eigenvalue weighted by molar-refractivity contribution is 0.855. The van der Waals surface area contributed by atoms with Crippen molar-refractivity contribution in [2.75, 3.05) is 0 Å². The van der Waals surface area contributed by atoms with Crippen molar-refractivity contribution < 1.29 is 0 Å². The van der Waals surface area contributed by atoms with Crippen LogP contribution < -0.4 is 11.5 Å². The number of hydrogen-bond donors (Lipinski definition) is 2. The fraction of sp³-hybridized carbons (Fsp3) is 0.250. The van der Waals surface area contributed by atoms with Gasteiger partial charge in [0.2, 0.25) is 0 Å². The summed E-state index contributed by atoms with van der Waals surface area (Å²) in [7, 11) is 0. The molecule has 0 spiro atoms. The Kier molecular flexibility index (Phi) is 3.80. The Labute approximate surface area is 109 Å². The quantitative estimate of drug-likeness (QED) is 0.866. The maximum absolute atomic E-state index is 6.37. The predicted octanol–water partition coefficient (Wildman–Crippen LogP) is 2.81. The molecule has 94 valence electrons. The highest BCUT2D eigenvalue weighted by atomic mass is 14.6. The molecule has 2 aromatic rings. The van der Waals surface area contributed by atoms with Crippen molar-refractivity contribution in [3.63, 3.8) is 0 Å². The van der Waals surface area contributed by atoms with Crippen LogP contribution in [0.4, 0.5) is 0 Å². The number of aryl methyl sites for hydroxylation is 2. The van der Waals surface area contributed by atoms with Gasteiger partial charge in [-0.3, -0.25) is 0 Å². The van der Waals surface area contributed by atoms with Gasteiger partial charge in [0.25, 0.3) is 0 Å². The average molecular weight is 240 g/mol. The largest absolute Gasteiger partial charge is 0.326 e. The molecule has 0 aliphatic heterocycles. The monoisotopic (exact) mass is 240 g/mol. The Morgan fingerprint density at radius 3 is 2.56 bits per heavy atom. The van der Waals surface area contributed by atoms with Crippen LogP contribution in [0.5, 0.6) is 0 Å². The first kappa shape index (κ1) is 12.8. The molecule has 0 amide bonds. The van der Waals surface area contributed by atoms with Crippen LogP contribution in [0, 0.1) is 13.8 Å². The van der Waals surface area contributed by atoms with Gasteiger partial charge >= 0.3 is 0 Å². The van der Waals surface area contributed by atoms with Gasteiger partial charge in [-0.1, -0.05) is 48.0 Å². The molecule has 0 aliphatic carbocycles. The molecule has 0 heterocycles. The van der Waals surface area contributed by atoms with Gasteiger partial charge in [0, 0.05) is 6.54 Å². The van der Waals surface area contributed by atoms with E-state index < -0.39 is 0 Å². The van der Waals surface area contributed by atoms with Gasteiger partial charge in [0.15, 0.2) is 0 Å². The second-order valence-corrected chi connectivity index (χ2v) is 4.79. The van der Waals surface area contributed by atoms with Gasteiger partial charge in [-0.2, -0.15) is 0 Å². The number of hydrogen-bond acceptors (Lipinski definition) is 2. The fourth-order valence-electron chi connectivity index (χ4n) is 2.19. The van der Waals surface area contributed by atoms with Crippen molar-refractivity contribution in [1.29, 1.82) is 0 Å². The summed E-state index contributed by atoms with van der Waals surface area (Å²) < 4.78 is 0. The SMILES string of the molecule is Cc1ccc(C)c(C(N)c2cccc(CN)c2)c1. The zero-order valence-corrected chi connectivity index (χ0v) is 11.0. The second-order valence-electron chi connectivity index (χ2n) is 4.79. The van der Waals surface area contributed by atoms with E-state index in [-0.39, 0.29) is 6.04 Å². The maximum Gasteiger partial charge on any atom is 0.0554 e. The van der Waals surface area contributed by atoms with Gasteiger partial charge in [0.1, 0.15) is 0 Å². The normalized spacial score (nSPS) is 12.4. The minimum atomic E-state index is -0.0867. The molecule has 0 aromatic heterocycles. The molecule has 1 atom stereocenters. The van der Waals surface area contributed by atoms with E-state index in [0.717, 1.165) is 11.1 Å². The summed E-state index contributed by atoms with van der Waals surface area (Å²) in [5, 5.41) is 0. The second kappa shape index (κ2) is 5.34. The van der Waals surface area contributed by atoms with E-state index in [9.17, 15) is 0 Å². The van der Waals surface area contributed by atoms with E-state index in [0.29, 0.717) is 6.54 Å². The molecule has 0 saturated carbocycles. The molecular weight excluding hydrogens is 220 g/mol. The van der Waals surface area contributed by atoms with Crippen molar-refractivity contribution in [2.24, 2.45) is 11.5 Å². The third-order valence-electron chi connectivity index (χ3n) is 3.32. The summed E-state index contributed by atoms with van der Waals surface area (Å²) >= 11 is 0. The van der Waals surface area contributed by atoms with E-state index in [4.69, 9.17) is 11.5 Å². The topological polar surface area (TPSA) is 52.0 Å². The summed E-state index contributed by atoms with van der Waals surface area (Å²) in [6.07, 6.45) is 0. The fourth-order valence-corrected chi connectivity index (χ4v) is 2.19. The summed E-state index contributed by atoms with van der Waals surface area (Å²) in [6.45, 7) is 4.74. The smallest absolute Gasteiger partial charge is 0.0554 e. The maximum atomic E-state index is 6.37. The summed E-state index contributed by atoms with van der Waals surface area (Å²) in [5.41, 5.74) is 17.9. The van der Waals surface area contributed by atoms with Crippen LogP contribution in [0.15, 0.2) is 42.5 Å². The van der Waals surface area contributed by atoms with E-state index in [1.54, 1.807) is 0 Å². The van der Waals surface area contributed by atoms with Crippen LogP contribution in [-0.2, 0) is 6.54 Å². The van der Waals surface area contributed by atoms with Crippen LogP contribution in [0.2, 0.25) is 0 Å². The summed E-state index contributed by atoms with van der Waals surface area (Å²) in [6, 6.07) is 14.5. The molecule has 2 aromatic carbocycles. The van der Waals surface area contributed by atoms with E-state index >= 15 is 0 Å². The van der Waals surface area contributed by atoms with Crippen LogP contribution in [0.25, 0.3) is 0 Å². The van der Waals surface area contributed by atoms with Crippen LogP contribution >= 0.6 is 0 Å². The molecular formula is C16H20N2. The Morgan fingerprint density at radius 1 is 1.06 bits per heavy atom. The Hall–Kier alpha value is -1.64. The molecule has 0 bridgehead atoms. The molecule has 2 rings (SSSR count). The van der Waals surface area contributed by atoms with Crippen molar-refractivity contribution >= 4 is 0 Å². The van der Waals surface area contributed by atoms with Gasteiger partial charge in [-0.25, -0.2) is 0 Å². The third-order valence-corrected chi connectivity index (χ3v) is 3.32. The lowest BCUT2D eigenvalue weighted by atomic mass is 9.93. The highest BCUT2D eigenvalue weighted by molar-refractivity contribution is 5.39. The molecule has 1 unspecified atom stereocenters. The van der Waals surface area contributed by atoms with E-state index in [1.165, 1.54) is 16.7 Å². The molecule has 2 heteroatoms. The Balaban J connectivity index is 2.40. The van der Waals surface area contributed by atoms with Crippen molar-refractivity contribution in [3.05, 3.63) is 70.3 Å². The summed E-state index contributed by atoms with van der Waals surface area (Å²) in [4.78, 5) is 0. The van der Waals surface area contributed by atoms with Gasteiger partial charge in [0.05, 0.1) is 6.04 Å². The zero-order valence-electron chi connectivity index (χ0n) is 11.0. The first-order valence-electron chi connectivity index (χ1n) is 6.23. The van der Waals surface area contributed by atoms with E-state index in [2.05, 4.69) is 44.2 Å². The molecule has 4 N–H and O–H groups in total. The molecule has 0 fully saturated rings. The van der Waals surface area contributed by atoms with Crippen molar-refractivity contribution in [3.8, 4) is 0 Å². The van der Waals surface area contributed by atoms with Gasteiger partial charge < -0.3 is 11.5 Å².